The number of hydrazine groups is 2. The number of carbonyl (C=O) groups is 1. The Morgan fingerprint density at radius 3 is 2.38 bits per heavy atom. The molecule has 13 heteroatoms. The van der Waals surface area contributed by atoms with Gasteiger partial charge in [0, 0.05) is 62.0 Å². The van der Waals surface area contributed by atoms with Crippen LogP contribution in [0.3, 0.4) is 0 Å². The number of allylic oxidation sites excluding steroid dienone is 2. The van der Waals surface area contributed by atoms with Gasteiger partial charge in [-0.1, -0.05) is 57.2 Å². The van der Waals surface area contributed by atoms with E-state index in [1.165, 1.54) is 12.7 Å². The van der Waals surface area contributed by atoms with E-state index in [0.717, 1.165) is 72.5 Å². The Hall–Kier alpha value is -4.85. The van der Waals surface area contributed by atoms with E-state index in [1.54, 1.807) is 25.2 Å². The summed E-state index contributed by atoms with van der Waals surface area (Å²) in [7, 11) is -0.415. The first-order valence-corrected chi connectivity index (χ1v) is 19.4. The molecule has 1 amide bonds. The summed E-state index contributed by atoms with van der Waals surface area (Å²) in [5.74, 6) is -0.156. The average molecular weight is 729 g/mol. The molecule has 2 aliphatic heterocycles. The molecular formula is C39H52N8O4S. The van der Waals surface area contributed by atoms with Crippen LogP contribution in [0.15, 0.2) is 88.8 Å². The highest BCUT2D eigenvalue weighted by Gasteiger charge is 2.25. The molecule has 0 bridgehead atoms. The molecule has 2 aliphatic rings. The summed E-state index contributed by atoms with van der Waals surface area (Å²) < 4.78 is 32.5. The van der Waals surface area contributed by atoms with Crippen molar-refractivity contribution in [1.29, 1.82) is 0 Å². The van der Waals surface area contributed by atoms with Crippen LogP contribution < -0.4 is 36.1 Å². The van der Waals surface area contributed by atoms with Crippen molar-refractivity contribution in [2.45, 2.75) is 65.5 Å². The van der Waals surface area contributed by atoms with E-state index in [2.05, 4.69) is 73.5 Å². The van der Waals surface area contributed by atoms with Crippen molar-refractivity contribution in [3.63, 3.8) is 0 Å². The number of hydrogen-bond acceptors (Lipinski definition) is 10. The van der Waals surface area contributed by atoms with Gasteiger partial charge >= 0.3 is 0 Å². The fourth-order valence-corrected chi connectivity index (χ4v) is 6.95. The summed E-state index contributed by atoms with van der Waals surface area (Å²) in [6.07, 6.45) is 6.97. The van der Waals surface area contributed by atoms with Crippen molar-refractivity contribution in [2.75, 3.05) is 48.6 Å². The van der Waals surface area contributed by atoms with E-state index in [0.29, 0.717) is 17.3 Å². The van der Waals surface area contributed by atoms with Crippen molar-refractivity contribution in [3.05, 3.63) is 106 Å². The standard InChI is InChI=1S/C39H52N8O4S/c1-26-14-15-29(38(48)42-33-21-30(39(3,4)5)22-34(37(33)51-7)44-52(8,49)50)20-36(26)47-25-35(43-45-47)32(23-40-6)27(2)41-31-16-18-46(19-17-31)24-28-12-10-9-11-13-28/h9-15,20-23,25,31,41,43-45H,16-19,24H2,1-8H3,(H,42,48)/b32-27+,40-23-. The van der Waals surface area contributed by atoms with Gasteiger partial charge in [-0.2, -0.15) is 0 Å². The van der Waals surface area contributed by atoms with Gasteiger partial charge in [0.1, 0.15) is 0 Å². The number of carbonyl (C=O) groups excluding carboxylic acids is 1. The van der Waals surface area contributed by atoms with Crippen LogP contribution in [0, 0.1) is 6.92 Å². The van der Waals surface area contributed by atoms with E-state index < -0.39 is 10.0 Å². The second-order valence-corrected chi connectivity index (χ2v) is 16.2. The molecule has 5 rings (SSSR count). The maximum absolute atomic E-state index is 13.8. The number of aryl methyl sites for hydroxylation is 1. The van der Waals surface area contributed by atoms with E-state index in [-0.39, 0.29) is 22.8 Å². The van der Waals surface area contributed by atoms with E-state index in [9.17, 15) is 13.2 Å². The van der Waals surface area contributed by atoms with Crippen LogP contribution in [-0.4, -0.2) is 65.0 Å². The Morgan fingerprint density at radius 1 is 1.06 bits per heavy atom. The number of ether oxygens (including phenoxy) is 1. The molecule has 1 fully saturated rings. The van der Waals surface area contributed by atoms with Gasteiger partial charge in [-0.3, -0.25) is 24.4 Å². The van der Waals surface area contributed by atoms with Crippen LogP contribution in [-0.2, 0) is 22.0 Å². The zero-order chi connectivity index (χ0) is 37.6. The molecule has 3 aromatic rings. The van der Waals surface area contributed by atoms with Crippen LogP contribution in [0.25, 0.3) is 0 Å². The minimum absolute atomic E-state index is 0.218. The third kappa shape index (κ3) is 9.72. The summed E-state index contributed by atoms with van der Waals surface area (Å²) >= 11 is 0. The largest absolute Gasteiger partial charge is 0.492 e. The van der Waals surface area contributed by atoms with E-state index >= 15 is 0 Å². The second kappa shape index (κ2) is 16.2. The highest BCUT2D eigenvalue weighted by atomic mass is 32.2. The molecule has 5 N–H and O–H groups in total. The summed E-state index contributed by atoms with van der Waals surface area (Å²) in [4.78, 5) is 20.6. The molecule has 3 aromatic carbocycles. The predicted octanol–water partition coefficient (Wildman–Crippen LogP) is 5.82. The fraction of sp³-hybridized carbons (Fsp3) is 0.385. The number of sulfonamides is 1. The highest BCUT2D eigenvalue weighted by molar-refractivity contribution is 7.92. The molecule has 0 aromatic heterocycles. The number of likely N-dealkylation sites (tertiary alicyclic amines) is 1. The van der Waals surface area contributed by atoms with Crippen molar-refractivity contribution in [2.24, 2.45) is 4.99 Å². The van der Waals surface area contributed by atoms with E-state index in [4.69, 9.17) is 4.74 Å². The number of nitrogens with one attached hydrogen (secondary N) is 5. The SMILES string of the molecule is C/N=C\C(C1=CN(c2cc(C(=O)Nc3cc(C(C)(C)C)cc(NS(C)(=O)=O)c3OC)ccc2C)NN1)=C(\C)NC1CCN(Cc2ccccc2)CC1. The van der Waals surface area contributed by atoms with Crippen molar-refractivity contribution >= 4 is 39.2 Å². The Morgan fingerprint density at radius 2 is 1.75 bits per heavy atom. The van der Waals surface area contributed by atoms with Crippen LogP contribution in [0.4, 0.5) is 17.1 Å². The van der Waals surface area contributed by atoms with Gasteiger partial charge in [0.25, 0.3) is 5.91 Å². The zero-order valence-corrected chi connectivity index (χ0v) is 32.2. The molecule has 278 valence electrons. The number of benzene rings is 3. The topological polar surface area (TPSA) is 139 Å². The number of anilines is 3. The first-order chi connectivity index (χ1) is 24.6. The maximum Gasteiger partial charge on any atom is 0.255 e. The van der Waals surface area contributed by atoms with E-state index in [1.807, 2.05) is 57.3 Å². The lowest BCUT2D eigenvalue weighted by molar-refractivity contribution is 0.102. The van der Waals surface area contributed by atoms with Crippen molar-refractivity contribution in [3.8, 4) is 5.75 Å². The van der Waals surface area contributed by atoms with Gasteiger partial charge in [-0.25, -0.2) is 8.42 Å². The van der Waals surface area contributed by atoms with Crippen LogP contribution in [0.1, 0.15) is 67.6 Å². The van der Waals surface area contributed by atoms with Gasteiger partial charge in [0.2, 0.25) is 10.0 Å². The lowest BCUT2D eigenvalue weighted by atomic mass is 9.86. The monoisotopic (exact) mass is 728 g/mol. The van der Waals surface area contributed by atoms with Gasteiger partial charge in [0.05, 0.1) is 36.1 Å². The molecule has 1 saturated heterocycles. The Bertz CT molecular complexity index is 1960. The van der Waals surface area contributed by atoms with Crippen molar-refractivity contribution < 1.29 is 17.9 Å². The second-order valence-electron chi connectivity index (χ2n) is 14.4. The number of piperidine rings is 1. The Kier molecular flexibility index (Phi) is 12.0. The molecule has 0 aliphatic carbocycles. The number of nitrogens with zero attached hydrogens (tertiary/aromatic N) is 3. The number of rotatable bonds is 12. The molecule has 0 saturated carbocycles. The molecule has 52 heavy (non-hydrogen) atoms. The molecule has 0 atom stereocenters. The fourth-order valence-electron chi connectivity index (χ4n) is 6.39. The molecular weight excluding hydrogens is 677 g/mol. The van der Waals surface area contributed by atoms with Gasteiger partial charge in [-0.15, -0.1) is 5.53 Å². The number of aliphatic imine (C=N–C) groups is 1. The Labute approximate surface area is 308 Å². The number of amides is 1. The molecule has 12 nitrogen and oxygen atoms in total. The molecule has 0 unspecified atom stereocenters. The molecule has 2 heterocycles. The Balaban J connectivity index is 1.33. The van der Waals surface area contributed by atoms with Gasteiger partial charge in [0.15, 0.2) is 5.75 Å². The number of hydrogen-bond donors (Lipinski definition) is 5. The van der Waals surface area contributed by atoms with Crippen LogP contribution >= 0.6 is 0 Å². The normalized spacial score (nSPS) is 16.3. The molecule has 0 spiro atoms. The maximum atomic E-state index is 13.8. The minimum atomic E-state index is -3.61. The number of methoxy groups -OCH3 is 1. The molecule has 0 radical (unpaired) electrons. The average Bonchev–Trinajstić information content (AvgIpc) is 3.57. The lowest BCUT2D eigenvalue weighted by Gasteiger charge is -2.33. The lowest BCUT2D eigenvalue weighted by Crippen LogP contribution is -2.42. The van der Waals surface area contributed by atoms with Crippen LogP contribution in [0.5, 0.6) is 5.75 Å². The first kappa shape index (κ1) is 38.4. The van der Waals surface area contributed by atoms with Crippen LogP contribution in [0.2, 0.25) is 0 Å². The minimum Gasteiger partial charge on any atom is -0.492 e. The quantitative estimate of drug-likeness (QED) is 0.146. The van der Waals surface area contributed by atoms with Gasteiger partial charge in [-0.05, 0) is 73.1 Å². The first-order valence-electron chi connectivity index (χ1n) is 17.5. The summed E-state index contributed by atoms with van der Waals surface area (Å²) in [5.41, 5.74) is 13.9. The third-order valence-electron chi connectivity index (χ3n) is 9.21. The van der Waals surface area contributed by atoms with Gasteiger partial charge < -0.3 is 20.8 Å². The summed E-state index contributed by atoms with van der Waals surface area (Å²) in [6.45, 7) is 13.1. The smallest absolute Gasteiger partial charge is 0.255 e. The third-order valence-corrected chi connectivity index (χ3v) is 9.80. The summed E-state index contributed by atoms with van der Waals surface area (Å²) in [6, 6.07) is 20.0. The predicted molar refractivity (Wildman–Crippen MR) is 211 cm³/mol. The highest BCUT2D eigenvalue weighted by Crippen LogP contribution is 2.39. The zero-order valence-electron chi connectivity index (χ0n) is 31.4. The summed E-state index contributed by atoms with van der Waals surface area (Å²) in [5, 5.41) is 8.55. The van der Waals surface area contributed by atoms with Crippen molar-refractivity contribution in [1.82, 2.24) is 21.2 Å².